The predicted octanol–water partition coefficient (Wildman–Crippen LogP) is 2.46. The molecule has 2 unspecified atom stereocenters. The van der Waals surface area contributed by atoms with Gasteiger partial charge in [0.25, 0.3) is 0 Å². The van der Waals surface area contributed by atoms with Gasteiger partial charge >= 0.3 is 6.09 Å². The molecule has 2 bridgehead atoms. The Labute approximate surface area is 106 Å². The maximum atomic E-state index is 14.4. The highest BCUT2D eigenvalue weighted by molar-refractivity contribution is 5.90. The summed E-state index contributed by atoms with van der Waals surface area (Å²) < 4.78 is 19.7. The van der Waals surface area contributed by atoms with Crippen LogP contribution in [0.4, 0.5) is 9.18 Å². The lowest BCUT2D eigenvalue weighted by molar-refractivity contribution is -0.136. The van der Waals surface area contributed by atoms with E-state index >= 15 is 0 Å². The third-order valence-electron chi connectivity index (χ3n) is 3.52. The number of ether oxygens (including phenoxy) is 1. The van der Waals surface area contributed by atoms with Gasteiger partial charge in [0.05, 0.1) is 6.54 Å². The number of carbonyl (C=O) groups excluding carboxylic acids is 2. The highest BCUT2D eigenvalue weighted by Crippen LogP contribution is 2.37. The molecule has 3 rings (SSSR count). The van der Waals surface area contributed by atoms with Crippen molar-refractivity contribution in [2.45, 2.75) is 63.8 Å². The summed E-state index contributed by atoms with van der Waals surface area (Å²) in [6, 6.07) is -0.196. The molecule has 102 valence electrons. The molecule has 0 aromatic heterocycles. The standard InChI is InChI=1S/C13H20FNO3/c1-12(2,3)18-11(17)15-8-13(14)6-4-5-9(15)7-10(13)16/h9H,4-8H2,1-3H3. The van der Waals surface area contributed by atoms with Gasteiger partial charge in [0.1, 0.15) is 5.60 Å². The van der Waals surface area contributed by atoms with Crippen molar-refractivity contribution >= 4 is 11.9 Å². The summed E-state index contributed by atoms with van der Waals surface area (Å²) in [5.74, 6) is -0.357. The van der Waals surface area contributed by atoms with Gasteiger partial charge in [0.2, 0.25) is 0 Å². The molecule has 2 heterocycles. The lowest BCUT2D eigenvalue weighted by Crippen LogP contribution is -2.56. The Balaban J connectivity index is 2.16. The average Bonchev–Trinajstić information content (AvgIpc) is 2.44. The van der Waals surface area contributed by atoms with Gasteiger partial charge in [0.15, 0.2) is 11.5 Å². The quantitative estimate of drug-likeness (QED) is 0.669. The second-order valence-electron chi connectivity index (χ2n) is 6.25. The Morgan fingerprint density at radius 1 is 1.50 bits per heavy atom. The van der Waals surface area contributed by atoms with Crippen molar-refractivity contribution in [3.05, 3.63) is 0 Å². The van der Waals surface area contributed by atoms with Crippen LogP contribution < -0.4 is 0 Å². The van der Waals surface area contributed by atoms with Crippen LogP contribution >= 0.6 is 0 Å². The molecule has 3 aliphatic rings. The number of piperidine rings is 1. The van der Waals surface area contributed by atoms with Crippen molar-refractivity contribution in [2.75, 3.05) is 6.54 Å². The third-order valence-corrected chi connectivity index (χ3v) is 3.52. The summed E-state index contributed by atoms with van der Waals surface area (Å²) in [5.41, 5.74) is -2.46. The molecule has 0 aromatic carbocycles. The van der Waals surface area contributed by atoms with Crippen LogP contribution in [-0.4, -0.2) is 40.6 Å². The van der Waals surface area contributed by atoms with Crippen LogP contribution in [-0.2, 0) is 9.53 Å². The van der Waals surface area contributed by atoms with E-state index in [2.05, 4.69) is 0 Å². The zero-order valence-corrected chi connectivity index (χ0v) is 11.2. The van der Waals surface area contributed by atoms with E-state index in [1.807, 2.05) is 0 Å². The first-order valence-electron chi connectivity index (χ1n) is 6.43. The van der Waals surface area contributed by atoms with Crippen LogP contribution in [0.1, 0.15) is 46.5 Å². The topological polar surface area (TPSA) is 46.6 Å². The maximum absolute atomic E-state index is 14.4. The van der Waals surface area contributed by atoms with Crippen molar-refractivity contribution in [3.8, 4) is 0 Å². The molecule has 0 radical (unpaired) electrons. The van der Waals surface area contributed by atoms with Gasteiger partial charge in [-0.1, -0.05) is 0 Å². The molecule has 5 heteroatoms. The molecule has 0 N–H and O–H groups in total. The second-order valence-corrected chi connectivity index (χ2v) is 6.25. The van der Waals surface area contributed by atoms with Gasteiger partial charge in [-0.05, 0) is 40.0 Å². The summed E-state index contributed by atoms with van der Waals surface area (Å²) in [6.45, 7) is 5.18. The van der Waals surface area contributed by atoms with Crippen LogP contribution in [0, 0.1) is 0 Å². The van der Waals surface area contributed by atoms with Crippen molar-refractivity contribution in [3.63, 3.8) is 0 Å². The first-order chi connectivity index (χ1) is 8.21. The van der Waals surface area contributed by atoms with Crippen LogP contribution in [0.15, 0.2) is 0 Å². The molecule has 1 saturated carbocycles. The average molecular weight is 257 g/mol. The largest absolute Gasteiger partial charge is 0.444 e. The summed E-state index contributed by atoms with van der Waals surface area (Å²) in [7, 11) is 0. The van der Waals surface area contributed by atoms with E-state index < -0.39 is 17.4 Å². The van der Waals surface area contributed by atoms with Gasteiger partial charge in [-0.2, -0.15) is 0 Å². The molecule has 0 aromatic rings. The van der Waals surface area contributed by atoms with E-state index in [9.17, 15) is 14.0 Å². The Kier molecular flexibility index (Phi) is 3.11. The Bertz CT molecular complexity index is 377. The van der Waals surface area contributed by atoms with E-state index in [4.69, 9.17) is 4.74 Å². The van der Waals surface area contributed by atoms with Crippen molar-refractivity contribution in [2.24, 2.45) is 0 Å². The van der Waals surface area contributed by atoms with E-state index in [0.29, 0.717) is 12.8 Å². The van der Waals surface area contributed by atoms with Crippen molar-refractivity contribution in [1.82, 2.24) is 4.90 Å². The number of fused-ring (bicyclic) bond motifs is 4. The van der Waals surface area contributed by atoms with Crippen LogP contribution in [0.25, 0.3) is 0 Å². The number of rotatable bonds is 0. The first-order valence-corrected chi connectivity index (χ1v) is 6.43. The summed E-state index contributed by atoms with van der Waals surface area (Å²) >= 11 is 0. The number of amides is 1. The normalized spacial score (nSPS) is 32.3. The number of alkyl halides is 1. The van der Waals surface area contributed by atoms with Gasteiger partial charge < -0.3 is 9.64 Å². The SMILES string of the molecule is CC(C)(C)OC(=O)N1CC2(F)CCCC1CC2=O. The lowest BCUT2D eigenvalue weighted by Gasteiger charge is -2.39. The van der Waals surface area contributed by atoms with Crippen LogP contribution in [0.2, 0.25) is 0 Å². The predicted molar refractivity (Wildman–Crippen MR) is 64.0 cm³/mol. The van der Waals surface area contributed by atoms with Crippen molar-refractivity contribution < 1.29 is 18.7 Å². The molecule has 18 heavy (non-hydrogen) atoms. The summed E-state index contributed by atoms with van der Waals surface area (Å²) in [4.78, 5) is 25.1. The minimum atomic E-state index is -1.86. The highest BCUT2D eigenvalue weighted by Gasteiger charge is 2.51. The fraction of sp³-hybridized carbons (Fsp3) is 0.846. The summed E-state index contributed by atoms with van der Waals surface area (Å²) in [5, 5.41) is 0. The zero-order valence-electron chi connectivity index (χ0n) is 11.2. The fourth-order valence-corrected chi connectivity index (χ4v) is 2.62. The summed E-state index contributed by atoms with van der Waals surface area (Å²) in [6.07, 6.45) is 1.16. The molecular weight excluding hydrogens is 237 g/mol. The Morgan fingerprint density at radius 3 is 2.78 bits per heavy atom. The molecular formula is C13H20FNO3. The van der Waals surface area contributed by atoms with Gasteiger partial charge in [0, 0.05) is 12.5 Å². The van der Waals surface area contributed by atoms with E-state index in [-0.39, 0.29) is 31.2 Å². The minimum absolute atomic E-state index is 0.121. The third kappa shape index (κ3) is 2.49. The number of halogens is 1. The lowest BCUT2D eigenvalue weighted by atomic mass is 9.90. The number of ketones is 1. The molecule has 4 nitrogen and oxygen atoms in total. The number of hydrogen-bond donors (Lipinski definition) is 0. The second kappa shape index (κ2) is 4.21. The number of carbonyl (C=O) groups is 2. The smallest absolute Gasteiger partial charge is 0.410 e. The van der Waals surface area contributed by atoms with E-state index in [0.717, 1.165) is 0 Å². The maximum Gasteiger partial charge on any atom is 0.410 e. The van der Waals surface area contributed by atoms with Crippen molar-refractivity contribution in [1.29, 1.82) is 0 Å². The number of Topliss-reactive ketones (excluding diaryl/α,β-unsaturated/α-hetero) is 1. The van der Waals surface area contributed by atoms with Gasteiger partial charge in [-0.15, -0.1) is 0 Å². The van der Waals surface area contributed by atoms with Crippen LogP contribution in [0.3, 0.4) is 0 Å². The van der Waals surface area contributed by atoms with Crippen LogP contribution in [0.5, 0.6) is 0 Å². The van der Waals surface area contributed by atoms with E-state index in [1.54, 1.807) is 20.8 Å². The Hall–Kier alpha value is -1.13. The molecule has 1 aliphatic carbocycles. The van der Waals surface area contributed by atoms with E-state index in [1.165, 1.54) is 4.90 Å². The molecule has 1 amide bonds. The monoisotopic (exact) mass is 257 g/mol. The molecule has 3 fully saturated rings. The Morgan fingerprint density at radius 2 is 2.17 bits per heavy atom. The number of hydrogen-bond acceptors (Lipinski definition) is 3. The molecule has 2 aliphatic heterocycles. The fourth-order valence-electron chi connectivity index (χ4n) is 2.62. The number of nitrogens with zero attached hydrogens (tertiary/aromatic N) is 1. The highest BCUT2D eigenvalue weighted by atomic mass is 19.1. The molecule has 2 atom stereocenters. The van der Waals surface area contributed by atoms with Gasteiger partial charge in [-0.25, -0.2) is 9.18 Å². The minimum Gasteiger partial charge on any atom is -0.444 e. The first kappa shape index (κ1) is 13.3. The molecule has 0 spiro atoms. The zero-order chi connectivity index (χ0) is 13.6. The molecule has 2 saturated heterocycles. The van der Waals surface area contributed by atoms with Gasteiger partial charge in [-0.3, -0.25) is 4.79 Å².